The summed E-state index contributed by atoms with van der Waals surface area (Å²) in [6.45, 7) is 0. The van der Waals surface area contributed by atoms with Crippen molar-refractivity contribution in [3.05, 3.63) is 76.9 Å². The minimum Gasteiger partial charge on any atom is -0.354 e. The molecule has 4 nitrogen and oxygen atoms in total. The number of hydrogen-bond acceptors (Lipinski definition) is 4. The van der Waals surface area contributed by atoms with Gasteiger partial charge in [-0.2, -0.15) is 5.26 Å². The van der Waals surface area contributed by atoms with E-state index in [4.69, 9.17) is 16.9 Å². The molecule has 5 heteroatoms. The third kappa shape index (κ3) is 2.60. The average Bonchev–Trinajstić information content (AvgIpc) is 3.32. The minimum absolute atomic E-state index is 0.395. The molecule has 0 saturated heterocycles. The van der Waals surface area contributed by atoms with Crippen molar-refractivity contribution in [1.29, 1.82) is 5.26 Å². The number of aromatic nitrogens is 1. The highest BCUT2D eigenvalue weighted by atomic mass is 35.5. The fourth-order valence-electron chi connectivity index (χ4n) is 8.11. The predicted octanol–water partition coefficient (Wildman–Crippen LogP) is 7.17. The van der Waals surface area contributed by atoms with Crippen molar-refractivity contribution in [3.63, 3.8) is 0 Å². The lowest BCUT2D eigenvalue weighted by molar-refractivity contribution is -0.198. The van der Waals surface area contributed by atoms with E-state index >= 15 is 0 Å². The van der Waals surface area contributed by atoms with Gasteiger partial charge in [-0.3, -0.25) is 0 Å². The minimum atomic E-state index is 0.395. The van der Waals surface area contributed by atoms with Crippen molar-refractivity contribution < 1.29 is 0 Å². The summed E-state index contributed by atoms with van der Waals surface area (Å²) < 4.78 is 0. The summed E-state index contributed by atoms with van der Waals surface area (Å²) in [5.74, 6) is 3.57. The summed E-state index contributed by atoms with van der Waals surface area (Å²) in [7, 11) is 0. The number of pyridine rings is 1. The van der Waals surface area contributed by atoms with Gasteiger partial charge in [-0.05, 0) is 109 Å². The number of fused-ring (bicyclic) bond motifs is 1. The number of rotatable bonds is 5. The zero-order valence-electron chi connectivity index (χ0n) is 18.3. The molecule has 3 aromatic rings. The van der Waals surface area contributed by atoms with E-state index in [2.05, 4.69) is 39.9 Å². The number of nitrogens with zero attached hydrogens (tertiary/aromatic N) is 2. The van der Waals surface area contributed by atoms with Gasteiger partial charge in [0.25, 0.3) is 0 Å². The second-order valence-corrected chi connectivity index (χ2v) is 10.9. The number of nitrogens with one attached hydrogen (secondary N) is 2. The molecule has 4 fully saturated rings. The number of benzene rings is 2. The molecule has 5 atom stereocenters. The van der Waals surface area contributed by atoms with Crippen molar-refractivity contribution in [1.82, 2.24) is 4.98 Å². The van der Waals surface area contributed by atoms with Crippen LogP contribution in [0.4, 0.5) is 22.9 Å². The van der Waals surface area contributed by atoms with Crippen molar-refractivity contribution in [2.75, 3.05) is 10.6 Å². The molecule has 0 amide bonds. The highest BCUT2D eigenvalue weighted by Crippen LogP contribution is 2.86. The van der Waals surface area contributed by atoms with Gasteiger partial charge in [0.05, 0.1) is 10.7 Å². The Kier molecular flexibility index (Phi) is 3.97. The van der Waals surface area contributed by atoms with Gasteiger partial charge in [0.1, 0.15) is 17.6 Å². The van der Waals surface area contributed by atoms with E-state index in [1.807, 2.05) is 36.4 Å². The quantitative estimate of drug-likeness (QED) is 0.430. The lowest BCUT2D eigenvalue weighted by atomic mass is 9.31. The first-order chi connectivity index (χ1) is 16.1. The molecule has 4 aliphatic rings. The molecule has 33 heavy (non-hydrogen) atoms. The van der Waals surface area contributed by atoms with Crippen LogP contribution in [0.2, 0.25) is 5.02 Å². The molecule has 1 spiro atoms. The molecule has 164 valence electrons. The highest BCUT2D eigenvalue weighted by molar-refractivity contribution is 6.33. The molecular weight excluding hydrogens is 428 g/mol. The standard InChI is InChI=1S/C28H25ClN4/c29-24-12-18(27-13-17-10-19-11-20(15-27)28(19,27)14-17)4-9-25(24)31-21-5-7-22(8-6-21)32-26-3-1-2-23(16-30)33-26/h1-9,12,17,19-20,31H,10-11,13-15H2,(H,32,33). The fourth-order valence-corrected chi connectivity index (χ4v) is 8.34. The van der Waals surface area contributed by atoms with Gasteiger partial charge in [-0.15, -0.1) is 0 Å². The van der Waals surface area contributed by atoms with Crippen LogP contribution in [0.5, 0.6) is 0 Å². The maximum Gasteiger partial charge on any atom is 0.142 e. The van der Waals surface area contributed by atoms with Crippen LogP contribution < -0.4 is 10.6 Å². The summed E-state index contributed by atoms with van der Waals surface area (Å²) in [5, 5.41) is 16.5. The van der Waals surface area contributed by atoms with Crippen LogP contribution in [0.3, 0.4) is 0 Å². The lowest BCUT2D eigenvalue weighted by Crippen LogP contribution is -2.68. The van der Waals surface area contributed by atoms with Gasteiger partial charge in [-0.25, -0.2) is 4.98 Å². The SMILES string of the molecule is N#Cc1cccc(Nc2ccc(Nc3ccc(C45CC6CC7CC(C4)C75C6)cc3Cl)cc2)n1. The Balaban J connectivity index is 1.08. The van der Waals surface area contributed by atoms with E-state index in [1.54, 1.807) is 6.07 Å². The van der Waals surface area contributed by atoms with Crippen LogP contribution in [0.25, 0.3) is 0 Å². The topological polar surface area (TPSA) is 60.7 Å². The highest BCUT2D eigenvalue weighted by Gasteiger charge is 2.80. The van der Waals surface area contributed by atoms with E-state index in [0.29, 0.717) is 22.3 Å². The van der Waals surface area contributed by atoms with Crippen molar-refractivity contribution >= 4 is 34.5 Å². The Hall–Kier alpha value is -3.03. The van der Waals surface area contributed by atoms with Crippen LogP contribution in [0, 0.1) is 34.5 Å². The van der Waals surface area contributed by atoms with Gasteiger partial charge in [0.15, 0.2) is 0 Å². The zero-order chi connectivity index (χ0) is 22.2. The van der Waals surface area contributed by atoms with Crippen LogP contribution in [0.1, 0.15) is 43.4 Å². The number of nitriles is 1. The van der Waals surface area contributed by atoms with E-state index in [-0.39, 0.29) is 0 Å². The Bertz CT molecular complexity index is 1310. The van der Waals surface area contributed by atoms with E-state index < -0.39 is 0 Å². The Morgan fingerprint density at radius 1 is 0.909 bits per heavy atom. The maximum absolute atomic E-state index is 9.02. The van der Waals surface area contributed by atoms with Crippen LogP contribution in [0.15, 0.2) is 60.7 Å². The molecule has 5 unspecified atom stereocenters. The molecule has 2 N–H and O–H groups in total. The maximum atomic E-state index is 9.02. The Morgan fingerprint density at radius 2 is 1.73 bits per heavy atom. The first-order valence-corrected chi connectivity index (χ1v) is 12.3. The molecule has 1 aromatic heterocycles. The summed E-state index contributed by atoms with van der Waals surface area (Å²) in [6, 6.07) is 22.2. The molecule has 1 heterocycles. The summed E-state index contributed by atoms with van der Waals surface area (Å²) in [6.07, 6.45) is 7.19. The summed E-state index contributed by atoms with van der Waals surface area (Å²) >= 11 is 6.80. The van der Waals surface area contributed by atoms with Gasteiger partial charge in [0.2, 0.25) is 0 Å². The largest absolute Gasteiger partial charge is 0.354 e. The zero-order valence-corrected chi connectivity index (χ0v) is 19.1. The number of anilines is 4. The Morgan fingerprint density at radius 3 is 2.45 bits per heavy atom. The average molecular weight is 453 g/mol. The van der Waals surface area contributed by atoms with Gasteiger partial charge in [0, 0.05) is 16.8 Å². The Labute approximate surface area is 199 Å². The molecule has 0 aliphatic heterocycles. The predicted molar refractivity (Wildman–Crippen MR) is 131 cm³/mol. The van der Waals surface area contributed by atoms with E-state index in [9.17, 15) is 0 Å². The van der Waals surface area contributed by atoms with Gasteiger partial charge < -0.3 is 10.6 Å². The number of hydrogen-bond donors (Lipinski definition) is 2. The normalized spacial score (nSPS) is 32.3. The van der Waals surface area contributed by atoms with Crippen molar-refractivity contribution in [3.8, 4) is 6.07 Å². The first kappa shape index (κ1) is 19.4. The first-order valence-electron chi connectivity index (χ1n) is 11.9. The molecule has 4 saturated carbocycles. The molecule has 7 rings (SSSR count). The van der Waals surface area contributed by atoms with E-state index in [0.717, 1.165) is 39.8 Å². The van der Waals surface area contributed by atoms with Crippen LogP contribution >= 0.6 is 11.6 Å². The van der Waals surface area contributed by atoms with Gasteiger partial charge in [-0.1, -0.05) is 23.7 Å². The second-order valence-electron chi connectivity index (χ2n) is 10.5. The summed E-state index contributed by atoms with van der Waals surface area (Å²) in [5.41, 5.74) is 5.75. The third-order valence-corrected chi connectivity index (χ3v) is 9.53. The second kappa shape index (κ2) is 6.74. The smallest absolute Gasteiger partial charge is 0.142 e. The molecule has 2 aromatic carbocycles. The molecule has 4 aliphatic carbocycles. The molecular formula is C28H25ClN4. The summed E-state index contributed by atoms with van der Waals surface area (Å²) in [4.78, 5) is 4.26. The van der Waals surface area contributed by atoms with Crippen LogP contribution in [-0.4, -0.2) is 4.98 Å². The fraction of sp³-hybridized carbons (Fsp3) is 0.357. The van der Waals surface area contributed by atoms with Crippen LogP contribution in [-0.2, 0) is 5.41 Å². The van der Waals surface area contributed by atoms with Crippen molar-refractivity contribution in [2.45, 2.75) is 37.5 Å². The molecule has 2 bridgehead atoms. The van der Waals surface area contributed by atoms with Crippen molar-refractivity contribution in [2.24, 2.45) is 23.2 Å². The third-order valence-electron chi connectivity index (χ3n) is 9.21. The van der Waals surface area contributed by atoms with Gasteiger partial charge >= 0.3 is 0 Å². The molecule has 0 radical (unpaired) electrons. The lowest BCUT2D eigenvalue weighted by Gasteiger charge is -2.73. The van der Waals surface area contributed by atoms with E-state index in [1.165, 1.54) is 37.7 Å². The number of halogens is 1. The monoisotopic (exact) mass is 452 g/mol.